The number of hydrogen-bond acceptors (Lipinski definition) is 5. The first-order valence-electron chi connectivity index (χ1n) is 10.9. The third kappa shape index (κ3) is 3.34. The fourth-order valence-corrected chi connectivity index (χ4v) is 5.72. The van der Waals surface area contributed by atoms with Crippen molar-refractivity contribution in [3.05, 3.63) is 12.7 Å². The van der Waals surface area contributed by atoms with Crippen LogP contribution < -0.4 is 0 Å². The molecule has 0 aliphatic carbocycles. The van der Waals surface area contributed by atoms with Crippen molar-refractivity contribution in [1.29, 1.82) is 0 Å². The number of fused-ring (bicyclic) bond motifs is 1. The first kappa shape index (κ1) is 22.7. The summed E-state index contributed by atoms with van der Waals surface area (Å²) >= 11 is 0. The van der Waals surface area contributed by atoms with Gasteiger partial charge in [-0.1, -0.05) is 19.9 Å². The highest BCUT2D eigenvalue weighted by Gasteiger charge is 2.75. The van der Waals surface area contributed by atoms with Crippen molar-refractivity contribution in [2.75, 3.05) is 13.2 Å². The van der Waals surface area contributed by atoms with E-state index in [0.29, 0.717) is 25.8 Å². The standard InChI is InChI=1S/C22H34N2O6/c1-6-9-23(13(4)5)20(27)18-22-8-7-15(30-22)16(21(28)29)17(22)19(26)24(18)14(11-25)10-12(2)3/h6,12-18,25H,1,7-11H2,2-5H3,(H,28,29)/t14-,15+,16-,17+,18?,22?/m1/s1. The van der Waals surface area contributed by atoms with Crippen molar-refractivity contribution in [2.45, 2.75) is 76.8 Å². The van der Waals surface area contributed by atoms with Crippen LogP contribution in [0.4, 0.5) is 0 Å². The Morgan fingerprint density at radius 2 is 2.03 bits per heavy atom. The van der Waals surface area contributed by atoms with Crippen LogP contribution in [-0.4, -0.2) is 80.8 Å². The lowest BCUT2D eigenvalue weighted by atomic mass is 9.70. The van der Waals surface area contributed by atoms with E-state index in [-0.39, 0.29) is 30.4 Å². The molecule has 3 rings (SSSR count). The van der Waals surface area contributed by atoms with Crippen molar-refractivity contribution in [1.82, 2.24) is 9.80 Å². The quantitative estimate of drug-likeness (QED) is 0.542. The SMILES string of the molecule is C=CCN(C(=O)C1N([C@@H](CO)CC(C)C)C(=O)[C@@H]2[C@H](C(=O)O)[C@@H]3CCC12O3)C(C)C. The van der Waals surface area contributed by atoms with Gasteiger partial charge in [0.2, 0.25) is 11.8 Å². The van der Waals surface area contributed by atoms with Crippen LogP contribution in [0.5, 0.6) is 0 Å². The first-order valence-corrected chi connectivity index (χ1v) is 10.9. The number of aliphatic carboxylic acids is 1. The molecule has 2 amide bonds. The van der Waals surface area contributed by atoms with Crippen LogP contribution in [0.3, 0.4) is 0 Å². The van der Waals surface area contributed by atoms with E-state index in [0.717, 1.165) is 0 Å². The Bertz CT molecular complexity index is 722. The number of amides is 2. The minimum Gasteiger partial charge on any atom is -0.481 e. The number of ether oxygens (including phenoxy) is 1. The summed E-state index contributed by atoms with van der Waals surface area (Å²) in [6.45, 7) is 11.5. The molecule has 3 fully saturated rings. The lowest BCUT2D eigenvalue weighted by molar-refractivity contribution is -0.154. The highest BCUT2D eigenvalue weighted by Crippen LogP contribution is 2.59. The maximum absolute atomic E-state index is 13.8. The van der Waals surface area contributed by atoms with E-state index in [1.54, 1.807) is 11.0 Å². The highest BCUT2D eigenvalue weighted by molar-refractivity contribution is 5.98. The highest BCUT2D eigenvalue weighted by atomic mass is 16.5. The molecule has 168 valence electrons. The molecule has 8 nitrogen and oxygen atoms in total. The average Bonchev–Trinajstić information content (AvgIpc) is 3.30. The van der Waals surface area contributed by atoms with E-state index in [9.17, 15) is 24.6 Å². The zero-order chi connectivity index (χ0) is 22.4. The molecule has 0 aromatic rings. The Morgan fingerprint density at radius 3 is 2.53 bits per heavy atom. The molecule has 6 atom stereocenters. The fourth-order valence-electron chi connectivity index (χ4n) is 5.72. The van der Waals surface area contributed by atoms with Crippen LogP contribution >= 0.6 is 0 Å². The Kier molecular flexibility index (Phi) is 6.30. The number of nitrogens with zero attached hydrogens (tertiary/aromatic N) is 2. The summed E-state index contributed by atoms with van der Waals surface area (Å²) in [7, 11) is 0. The van der Waals surface area contributed by atoms with E-state index >= 15 is 0 Å². The molecular weight excluding hydrogens is 388 g/mol. The van der Waals surface area contributed by atoms with Crippen LogP contribution in [0.1, 0.15) is 47.0 Å². The van der Waals surface area contributed by atoms with Gasteiger partial charge in [-0.3, -0.25) is 14.4 Å². The Labute approximate surface area is 177 Å². The maximum Gasteiger partial charge on any atom is 0.310 e. The molecule has 0 saturated carbocycles. The van der Waals surface area contributed by atoms with Crippen molar-refractivity contribution in [3.63, 3.8) is 0 Å². The Morgan fingerprint density at radius 1 is 1.37 bits per heavy atom. The minimum atomic E-state index is -1.15. The van der Waals surface area contributed by atoms with Crippen molar-refractivity contribution >= 4 is 17.8 Å². The predicted molar refractivity (Wildman–Crippen MR) is 109 cm³/mol. The van der Waals surface area contributed by atoms with Gasteiger partial charge in [0, 0.05) is 12.6 Å². The van der Waals surface area contributed by atoms with Crippen LogP contribution in [0.2, 0.25) is 0 Å². The monoisotopic (exact) mass is 422 g/mol. The number of carboxylic acids is 1. The van der Waals surface area contributed by atoms with Gasteiger partial charge in [0.05, 0.1) is 30.6 Å². The molecule has 3 aliphatic heterocycles. The largest absolute Gasteiger partial charge is 0.481 e. The van der Waals surface area contributed by atoms with Gasteiger partial charge in [0.25, 0.3) is 0 Å². The van der Waals surface area contributed by atoms with Gasteiger partial charge in [-0.05, 0) is 39.0 Å². The summed E-state index contributed by atoms with van der Waals surface area (Å²) in [5, 5.41) is 19.9. The summed E-state index contributed by atoms with van der Waals surface area (Å²) in [6.07, 6.45) is 2.57. The summed E-state index contributed by atoms with van der Waals surface area (Å²) in [6, 6.07) is -1.64. The third-order valence-corrected chi connectivity index (χ3v) is 6.84. The van der Waals surface area contributed by atoms with Crippen molar-refractivity contribution < 1.29 is 29.3 Å². The molecule has 3 saturated heterocycles. The number of carbonyl (C=O) groups is 3. The molecule has 3 heterocycles. The number of rotatable bonds is 9. The summed E-state index contributed by atoms with van der Waals surface area (Å²) in [5.41, 5.74) is -1.15. The molecule has 0 aromatic carbocycles. The lowest BCUT2D eigenvalue weighted by Gasteiger charge is -2.40. The average molecular weight is 423 g/mol. The normalized spacial score (nSPS) is 33.3. The zero-order valence-corrected chi connectivity index (χ0v) is 18.3. The van der Waals surface area contributed by atoms with E-state index in [4.69, 9.17) is 4.74 Å². The number of carbonyl (C=O) groups excluding carboxylic acids is 2. The van der Waals surface area contributed by atoms with Gasteiger partial charge in [-0.2, -0.15) is 0 Å². The van der Waals surface area contributed by atoms with Crippen LogP contribution in [-0.2, 0) is 19.1 Å². The second-order valence-corrected chi connectivity index (χ2v) is 9.48. The number of aliphatic hydroxyl groups excluding tert-OH is 1. The Balaban J connectivity index is 2.10. The van der Waals surface area contributed by atoms with Gasteiger partial charge in [-0.25, -0.2) is 0 Å². The molecule has 2 unspecified atom stereocenters. The number of aliphatic hydroxyl groups is 1. The van der Waals surface area contributed by atoms with Gasteiger partial charge in [0.1, 0.15) is 11.6 Å². The molecule has 30 heavy (non-hydrogen) atoms. The first-order chi connectivity index (χ1) is 14.1. The van der Waals surface area contributed by atoms with Crippen LogP contribution in [0.15, 0.2) is 12.7 Å². The molecule has 3 aliphatic rings. The number of carboxylic acid groups (broad SMARTS) is 1. The predicted octanol–water partition coefficient (Wildman–Crippen LogP) is 1.28. The molecule has 1 spiro atoms. The molecule has 0 aromatic heterocycles. The molecular formula is C22H34N2O6. The van der Waals surface area contributed by atoms with E-state index < -0.39 is 41.6 Å². The smallest absolute Gasteiger partial charge is 0.310 e. The molecule has 0 radical (unpaired) electrons. The second-order valence-electron chi connectivity index (χ2n) is 9.48. The van der Waals surface area contributed by atoms with E-state index in [2.05, 4.69) is 6.58 Å². The van der Waals surface area contributed by atoms with E-state index in [1.165, 1.54) is 4.90 Å². The lowest BCUT2D eigenvalue weighted by Crippen LogP contribution is -2.59. The molecule has 8 heteroatoms. The number of likely N-dealkylation sites (tertiary alicyclic amines) is 1. The topological polar surface area (TPSA) is 107 Å². The van der Waals surface area contributed by atoms with E-state index in [1.807, 2.05) is 27.7 Å². The van der Waals surface area contributed by atoms with Crippen molar-refractivity contribution in [3.8, 4) is 0 Å². The van der Waals surface area contributed by atoms with Crippen molar-refractivity contribution in [2.24, 2.45) is 17.8 Å². The summed E-state index contributed by atoms with van der Waals surface area (Å²) in [4.78, 5) is 42.5. The van der Waals surface area contributed by atoms with Crippen LogP contribution in [0.25, 0.3) is 0 Å². The van der Waals surface area contributed by atoms with Gasteiger partial charge < -0.3 is 24.7 Å². The number of hydrogen-bond donors (Lipinski definition) is 2. The van der Waals surface area contributed by atoms with Gasteiger partial charge in [0.15, 0.2) is 0 Å². The minimum absolute atomic E-state index is 0.130. The summed E-state index contributed by atoms with van der Waals surface area (Å²) in [5.74, 6) is -3.40. The maximum atomic E-state index is 13.8. The Hall–Kier alpha value is -1.93. The van der Waals surface area contributed by atoms with Gasteiger partial charge >= 0.3 is 5.97 Å². The fraction of sp³-hybridized carbons (Fsp3) is 0.773. The van der Waals surface area contributed by atoms with Gasteiger partial charge in [-0.15, -0.1) is 6.58 Å². The third-order valence-electron chi connectivity index (χ3n) is 6.84. The zero-order valence-electron chi connectivity index (χ0n) is 18.3. The summed E-state index contributed by atoms with van der Waals surface area (Å²) < 4.78 is 6.20. The molecule has 2 N–H and O–H groups in total. The van der Waals surface area contributed by atoms with Crippen LogP contribution in [0, 0.1) is 17.8 Å². The second kappa shape index (κ2) is 8.30. The molecule has 2 bridgehead atoms.